The summed E-state index contributed by atoms with van der Waals surface area (Å²) in [4.78, 5) is 0. The van der Waals surface area contributed by atoms with Gasteiger partial charge in [-0.1, -0.05) is 0 Å². The van der Waals surface area contributed by atoms with E-state index in [1.165, 1.54) is 50.8 Å². The van der Waals surface area contributed by atoms with Gasteiger partial charge in [-0.05, 0) is 44.3 Å². The second kappa shape index (κ2) is 6.12. The van der Waals surface area contributed by atoms with Crippen LogP contribution in [0, 0.1) is 0 Å². The zero-order valence-corrected chi connectivity index (χ0v) is 10.5. The highest BCUT2D eigenvalue weighted by Crippen LogP contribution is 2.26. The first kappa shape index (κ1) is 11.7. The number of methoxy groups -OCH3 is 1. The molecule has 1 aliphatic heterocycles. The van der Waals surface area contributed by atoms with Crippen molar-refractivity contribution < 1.29 is 4.74 Å². The summed E-state index contributed by atoms with van der Waals surface area (Å²) in [6.45, 7) is 1.21. The molecule has 0 aromatic rings. The van der Waals surface area contributed by atoms with Crippen LogP contribution in [0.5, 0.6) is 0 Å². The first-order valence-electron chi connectivity index (χ1n) is 6.26. The van der Waals surface area contributed by atoms with Crippen molar-refractivity contribution in [2.45, 2.75) is 55.9 Å². The molecule has 0 amide bonds. The van der Waals surface area contributed by atoms with Crippen LogP contribution in [0.25, 0.3) is 0 Å². The lowest BCUT2D eigenvalue weighted by molar-refractivity contribution is 0.0590. The monoisotopic (exact) mass is 229 g/mol. The maximum atomic E-state index is 5.45. The molecular formula is C12H23NOS. The van der Waals surface area contributed by atoms with E-state index in [9.17, 15) is 0 Å². The Morgan fingerprint density at radius 2 is 2.20 bits per heavy atom. The molecule has 3 atom stereocenters. The Bertz CT molecular complexity index is 182. The molecule has 1 N–H and O–H groups in total. The fraction of sp³-hybridized carbons (Fsp3) is 1.00. The van der Waals surface area contributed by atoms with Crippen LogP contribution in [0.3, 0.4) is 0 Å². The van der Waals surface area contributed by atoms with E-state index >= 15 is 0 Å². The van der Waals surface area contributed by atoms with Gasteiger partial charge in [-0.15, -0.1) is 0 Å². The van der Waals surface area contributed by atoms with Gasteiger partial charge in [-0.3, -0.25) is 0 Å². The predicted octanol–water partition coefficient (Wildman–Crippen LogP) is 2.43. The van der Waals surface area contributed by atoms with Crippen molar-refractivity contribution in [1.82, 2.24) is 5.32 Å². The number of nitrogens with one attached hydrogen (secondary N) is 1. The maximum Gasteiger partial charge on any atom is 0.0586 e. The summed E-state index contributed by atoms with van der Waals surface area (Å²) in [5, 5.41) is 4.61. The first-order valence-corrected chi connectivity index (χ1v) is 7.31. The second-order valence-electron chi connectivity index (χ2n) is 4.76. The first-order chi connectivity index (χ1) is 7.38. The lowest BCUT2D eigenvalue weighted by Crippen LogP contribution is -2.39. The van der Waals surface area contributed by atoms with Crippen LogP contribution in [0.1, 0.15) is 38.5 Å². The van der Waals surface area contributed by atoms with Gasteiger partial charge in [0.15, 0.2) is 0 Å². The van der Waals surface area contributed by atoms with E-state index in [-0.39, 0.29) is 0 Å². The minimum Gasteiger partial charge on any atom is -0.381 e. The van der Waals surface area contributed by atoms with Gasteiger partial charge in [0.25, 0.3) is 0 Å². The van der Waals surface area contributed by atoms with Gasteiger partial charge in [0.05, 0.1) is 6.10 Å². The molecule has 0 bridgehead atoms. The molecule has 1 aliphatic carbocycles. The Balaban J connectivity index is 1.65. The van der Waals surface area contributed by atoms with Crippen LogP contribution in [-0.4, -0.2) is 36.8 Å². The van der Waals surface area contributed by atoms with Crippen LogP contribution >= 0.6 is 11.8 Å². The molecule has 1 heterocycles. The molecule has 2 rings (SSSR count). The van der Waals surface area contributed by atoms with Gasteiger partial charge in [0.1, 0.15) is 0 Å². The summed E-state index contributed by atoms with van der Waals surface area (Å²) in [5.74, 6) is 1.37. The molecule has 88 valence electrons. The summed E-state index contributed by atoms with van der Waals surface area (Å²) in [6, 6.07) is 0.713. The van der Waals surface area contributed by atoms with Crippen LogP contribution < -0.4 is 5.32 Å². The summed E-state index contributed by atoms with van der Waals surface area (Å²) >= 11 is 2.14. The molecule has 3 unspecified atom stereocenters. The lowest BCUT2D eigenvalue weighted by Gasteiger charge is -2.29. The van der Waals surface area contributed by atoms with Crippen molar-refractivity contribution in [2.24, 2.45) is 0 Å². The largest absolute Gasteiger partial charge is 0.381 e. The van der Waals surface area contributed by atoms with Crippen molar-refractivity contribution in [3.63, 3.8) is 0 Å². The van der Waals surface area contributed by atoms with Gasteiger partial charge in [-0.2, -0.15) is 11.8 Å². The van der Waals surface area contributed by atoms with Crippen molar-refractivity contribution in [3.8, 4) is 0 Å². The van der Waals surface area contributed by atoms with E-state index in [4.69, 9.17) is 4.74 Å². The smallest absolute Gasteiger partial charge is 0.0586 e. The van der Waals surface area contributed by atoms with Crippen molar-refractivity contribution in [2.75, 3.05) is 19.4 Å². The SMILES string of the molecule is COC1CCCC(NCC2CCCS2)C1. The van der Waals surface area contributed by atoms with Gasteiger partial charge in [0.2, 0.25) is 0 Å². The highest BCUT2D eigenvalue weighted by atomic mass is 32.2. The highest BCUT2D eigenvalue weighted by molar-refractivity contribution is 8.00. The Morgan fingerprint density at radius 1 is 1.27 bits per heavy atom. The molecule has 0 aromatic carbocycles. The van der Waals surface area contributed by atoms with E-state index in [0.717, 1.165) is 5.25 Å². The fourth-order valence-electron chi connectivity index (χ4n) is 2.65. The van der Waals surface area contributed by atoms with Crippen molar-refractivity contribution in [1.29, 1.82) is 0 Å². The maximum absolute atomic E-state index is 5.45. The fourth-order valence-corrected chi connectivity index (χ4v) is 3.86. The second-order valence-corrected chi connectivity index (χ2v) is 6.17. The summed E-state index contributed by atoms with van der Waals surface area (Å²) in [6.07, 6.45) is 8.49. The molecule has 0 spiro atoms. The van der Waals surface area contributed by atoms with E-state index in [1.54, 1.807) is 0 Å². The highest BCUT2D eigenvalue weighted by Gasteiger charge is 2.23. The Kier molecular flexibility index (Phi) is 4.79. The molecule has 2 fully saturated rings. The van der Waals surface area contributed by atoms with Gasteiger partial charge < -0.3 is 10.1 Å². The van der Waals surface area contributed by atoms with Crippen molar-refractivity contribution in [3.05, 3.63) is 0 Å². The number of thioether (sulfide) groups is 1. The molecule has 3 heteroatoms. The topological polar surface area (TPSA) is 21.3 Å². The average Bonchev–Trinajstić information content (AvgIpc) is 2.79. The molecule has 1 saturated carbocycles. The Hall–Kier alpha value is 0.270. The zero-order chi connectivity index (χ0) is 10.5. The van der Waals surface area contributed by atoms with Crippen LogP contribution in [0.2, 0.25) is 0 Å². The molecule has 0 aromatic heterocycles. The number of hydrogen-bond acceptors (Lipinski definition) is 3. The van der Waals surface area contributed by atoms with Crippen molar-refractivity contribution >= 4 is 11.8 Å². The average molecular weight is 229 g/mol. The normalized spacial score (nSPS) is 37.0. The predicted molar refractivity (Wildman–Crippen MR) is 66.5 cm³/mol. The van der Waals surface area contributed by atoms with E-state index in [0.29, 0.717) is 12.1 Å². The summed E-state index contributed by atoms with van der Waals surface area (Å²) in [5.41, 5.74) is 0. The molecule has 0 radical (unpaired) electrons. The van der Waals surface area contributed by atoms with Crippen LogP contribution in [0.15, 0.2) is 0 Å². The Labute approximate surface area is 97.5 Å². The number of hydrogen-bond donors (Lipinski definition) is 1. The minimum atomic E-state index is 0.507. The summed E-state index contributed by atoms with van der Waals surface area (Å²) in [7, 11) is 1.85. The third-order valence-electron chi connectivity index (χ3n) is 3.62. The summed E-state index contributed by atoms with van der Waals surface area (Å²) < 4.78 is 5.45. The molecule has 15 heavy (non-hydrogen) atoms. The van der Waals surface area contributed by atoms with E-state index in [2.05, 4.69) is 17.1 Å². The van der Waals surface area contributed by atoms with Crippen LogP contribution in [0.4, 0.5) is 0 Å². The third kappa shape index (κ3) is 3.65. The zero-order valence-electron chi connectivity index (χ0n) is 9.71. The molecule has 2 nitrogen and oxygen atoms in total. The van der Waals surface area contributed by atoms with E-state index in [1.807, 2.05) is 7.11 Å². The van der Waals surface area contributed by atoms with Gasteiger partial charge >= 0.3 is 0 Å². The Morgan fingerprint density at radius 3 is 2.93 bits per heavy atom. The quantitative estimate of drug-likeness (QED) is 0.800. The standard InChI is InChI=1S/C12H23NOS/c1-14-11-5-2-4-10(8-11)13-9-12-6-3-7-15-12/h10-13H,2-9H2,1H3. The van der Waals surface area contributed by atoms with Gasteiger partial charge in [0, 0.05) is 24.9 Å². The molecule has 1 saturated heterocycles. The molecule has 2 aliphatic rings. The minimum absolute atomic E-state index is 0.507. The van der Waals surface area contributed by atoms with E-state index < -0.39 is 0 Å². The number of ether oxygens (including phenoxy) is 1. The third-order valence-corrected chi connectivity index (χ3v) is 5.02. The van der Waals surface area contributed by atoms with Gasteiger partial charge in [-0.25, -0.2) is 0 Å². The van der Waals surface area contributed by atoms with Crippen LogP contribution in [-0.2, 0) is 4.74 Å². The number of rotatable bonds is 4. The lowest BCUT2D eigenvalue weighted by atomic mass is 9.93. The molecular weight excluding hydrogens is 206 g/mol.